The van der Waals surface area contributed by atoms with Gasteiger partial charge >= 0.3 is 51.4 Å². The zero-order valence-electron chi connectivity index (χ0n) is 28.4. The number of terminal acetylenes is 1. The zero-order valence-corrected chi connectivity index (χ0v) is 32.3. The van der Waals surface area contributed by atoms with E-state index in [-0.39, 0.29) is 74.4 Å². The van der Waals surface area contributed by atoms with Gasteiger partial charge in [0, 0.05) is 22.8 Å². The fraction of sp³-hybridized carbons (Fsp3) is 0.0488. The van der Waals surface area contributed by atoms with Gasteiger partial charge in [-0.1, -0.05) is 5.92 Å². The first-order valence-electron chi connectivity index (χ1n) is 15.4. The Bertz CT molecular complexity index is 2330. The van der Waals surface area contributed by atoms with Crippen LogP contribution in [0, 0.1) is 19.3 Å². The Morgan fingerprint density at radius 3 is 1.46 bits per heavy atom. The predicted molar refractivity (Wildman–Crippen MR) is 190 cm³/mol. The Kier molecular flexibility index (Phi) is 12.6. The number of carbonyl (C=O) groups excluding carboxylic acids is 1. The van der Waals surface area contributed by atoms with E-state index in [1.165, 1.54) is 24.3 Å². The van der Waals surface area contributed by atoms with Crippen molar-refractivity contribution in [2.45, 2.75) is 11.8 Å². The predicted octanol–water partition coefficient (Wildman–Crippen LogP) is 6.29. The van der Waals surface area contributed by atoms with Crippen LogP contribution in [0.2, 0.25) is 0 Å². The Morgan fingerprint density at radius 2 is 1.00 bits per heavy atom. The van der Waals surface area contributed by atoms with Gasteiger partial charge in [0.05, 0.1) is 7.11 Å². The first-order chi connectivity index (χ1) is 24.6. The van der Waals surface area contributed by atoms with Gasteiger partial charge in [-0.05, 0) is 140 Å². The molecule has 0 aliphatic carbocycles. The average Bonchev–Trinajstić information content (AvgIpc) is 3.13. The molecule has 0 radical (unpaired) electrons. The Hall–Kier alpha value is -4.90. The van der Waals surface area contributed by atoms with Crippen LogP contribution in [-0.4, -0.2) is 25.9 Å². The molecule has 0 aliphatic rings. The Morgan fingerprint density at radius 1 is 0.577 bits per heavy atom. The second kappa shape index (κ2) is 17.1. The van der Waals surface area contributed by atoms with Crippen LogP contribution < -0.4 is 75.1 Å². The second-order valence-electron chi connectivity index (χ2n) is 11.2. The average molecular weight is 737 g/mol. The summed E-state index contributed by atoms with van der Waals surface area (Å²) in [6.45, 7) is 1.84. The van der Waals surface area contributed by atoms with E-state index in [2.05, 4.69) is 5.92 Å². The van der Waals surface area contributed by atoms with Crippen molar-refractivity contribution in [3.8, 4) is 64.1 Å². The molecule has 0 N–H and O–H groups in total. The standard InChI is InChI=1S/C41H30O9S.K/c1-4-28-23-27(2)24-38(25-28)49-37-21-22-39(40(26-37)51(43,44)45)50-36-11-7-30(8-12-36)41(42)29-5-9-32(10-6-29)47-34-17-19-35(20-18-34)48-33-15-13-31(46-3)14-16-33;/h1,5-26H,2-3H3,(H,43,44,45);/q;+1/p-1. The van der Waals surface area contributed by atoms with Crippen molar-refractivity contribution in [3.63, 3.8) is 0 Å². The number of benzene rings is 6. The summed E-state index contributed by atoms with van der Waals surface area (Å²) in [5.74, 6) is 5.97. The third kappa shape index (κ3) is 9.90. The number of methoxy groups -OCH3 is 1. The van der Waals surface area contributed by atoms with Gasteiger partial charge in [0.15, 0.2) is 5.78 Å². The van der Waals surface area contributed by atoms with Crippen molar-refractivity contribution in [1.82, 2.24) is 0 Å². The molecule has 0 saturated carbocycles. The van der Waals surface area contributed by atoms with Gasteiger partial charge in [0.25, 0.3) is 0 Å². The van der Waals surface area contributed by atoms with E-state index in [9.17, 15) is 17.8 Å². The largest absolute Gasteiger partial charge is 1.00 e. The summed E-state index contributed by atoms with van der Waals surface area (Å²) in [6.07, 6.45) is 5.49. The summed E-state index contributed by atoms with van der Waals surface area (Å²) in [5, 5.41) is 0. The summed E-state index contributed by atoms with van der Waals surface area (Å²) in [4.78, 5) is 12.6. The molecule has 0 saturated heterocycles. The van der Waals surface area contributed by atoms with E-state index in [4.69, 9.17) is 30.1 Å². The number of ether oxygens (including phenoxy) is 5. The van der Waals surface area contributed by atoms with E-state index in [0.717, 1.165) is 17.4 Å². The van der Waals surface area contributed by atoms with Crippen LogP contribution in [0.1, 0.15) is 27.0 Å². The van der Waals surface area contributed by atoms with Crippen molar-refractivity contribution in [3.05, 3.63) is 156 Å². The van der Waals surface area contributed by atoms with E-state index in [1.54, 1.807) is 86.0 Å². The molecule has 0 aliphatic heterocycles. The zero-order chi connectivity index (χ0) is 36.0. The number of hydrogen-bond donors (Lipinski definition) is 0. The second-order valence-corrected chi connectivity index (χ2v) is 12.5. The van der Waals surface area contributed by atoms with Crippen LogP contribution >= 0.6 is 0 Å². The van der Waals surface area contributed by atoms with Crippen molar-refractivity contribution in [2.24, 2.45) is 0 Å². The summed E-state index contributed by atoms with van der Waals surface area (Å²) in [7, 11) is -3.34. The molecule has 9 nitrogen and oxygen atoms in total. The minimum Gasteiger partial charge on any atom is -0.744 e. The molecular weight excluding hydrogens is 708 g/mol. The van der Waals surface area contributed by atoms with Crippen LogP contribution in [0.5, 0.6) is 51.7 Å². The minimum absolute atomic E-state index is 0. The molecule has 0 spiro atoms. The van der Waals surface area contributed by atoms with Crippen molar-refractivity contribution in [1.29, 1.82) is 0 Å². The molecular formula is C41H29KO9S. The smallest absolute Gasteiger partial charge is 0.744 e. The number of carbonyl (C=O) groups is 1. The van der Waals surface area contributed by atoms with Gasteiger partial charge in [-0.25, -0.2) is 8.42 Å². The molecule has 0 heterocycles. The molecule has 11 heteroatoms. The molecule has 0 amide bonds. The van der Waals surface area contributed by atoms with Gasteiger partial charge in [-0.15, -0.1) is 6.42 Å². The number of ketones is 1. The van der Waals surface area contributed by atoms with Gasteiger partial charge < -0.3 is 28.2 Å². The minimum atomic E-state index is -4.95. The Balaban J connectivity index is 0.00000523. The topological polar surface area (TPSA) is 120 Å². The first-order valence-corrected chi connectivity index (χ1v) is 16.9. The maximum atomic E-state index is 13.2. The molecule has 0 bridgehead atoms. The van der Waals surface area contributed by atoms with Crippen LogP contribution in [0.15, 0.2) is 138 Å². The molecule has 6 aromatic carbocycles. The molecule has 254 valence electrons. The van der Waals surface area contributed by atoms with Gasteiger partial charge in [0.2, 0.25) is 0 Å². The van der Waals surface area contributed by atoms with Crippen LogP contribution in [0.3, 0.4) is 0 Å². The SMILES string of the molecule is C#Cc1cc(C)cc(Oc2ccc(Oc3ccc(C(=O)c4ccc(Oc5ccc(Oc6ccc(OC)cc6)cc5)cc4)cc3)c(S(=O)(=O)[O-])c2)c1.[K+]. The van der Waals surface area contributed by atoms with E-state index < -0.39 is 15.0 Å². The number of rotatable bonds is 12. The van der Waals surface area contributed by atoms with E-state index in [0.29, 0.717) is 45.4 Å². The fourth-order valence-corrected chi connectivity index (χ4v) is 5.61. The molecule has 6 aromatic rings. The van der Waals surface area contributed by atoms with Crippen molar-refractivity contribution in [2.75, 3.05) is 7.11 Å². The first kappa shape index (κ1) is 38.3. The normalized spacial score (nSPS) is 10.7. The van der Waals surface area contributed by atoms with E-state index >= 15 is 0 Å². The third-order valence-electron chi connectivity index (χ3n) is 7.45. The monoisotopic (exact) mass is 736 g/mol. The molecule has 0 aromatic heterocycles. The van der Waals surface area contributed by atoms with Gasteiger partial charge in [0.1, 0.15) is 66.8 Å². The van der Waals surface area contributed by atoms with Gasteiger partial charge in [-0.2, -0.15) is 0 Å². The summed E-state index contributed by atoms with van der Waals surface area (Å²) >= 11 is 0. The quantitative estimate of drug-likeness (QED) is 0.0618. The van der Waals surface area contributed by atoms with Crippen molar-refractivity contribution >= 4 is 15.9 Å². The number of hydrogen-bond acceptors (Lipinski definition) is 9. The van der Waals surface area contributed by atoms with Gasteiger partial charge in [-0.3, -0.25) is 4.79 Å². The summed E-state index contributed by atoms with van der Waals surface area (Å²) in [6, 6.07) is 36.2. The van der Waals surface area contributed by atoms with E-state index in [1.807, 2.05) is 31.2 Å². The maximum Gasteiger partial charge on any atom is 1.00 e. The summed E-state index contributed by atoms with van der Waals surface area (Å²) < 4.78 is 64.9. The van der Waals surface area contributed by atoms with Crippen molar-refractivity contribution < 1.29 is 92.8 Å². The van der Waals surface area contributed by atoms with Crippen LogP contribution in [0.4, 0.5) is 0 Å². The fourth-order valence-electron chi connectivity index (χ4n) is 4.99. The third-order valence-corrected chi connectivity index (χ3v) is 8.31. The molecule has 0 fully saturated rings. The molecule has 52 heavy (non-hydrogen) atoms. The maximum absolute atomic E-state index is 13.2. The molecule has 0 atom stereocenters. The van der Waals surface area contributed by atoms with Crippen LogP contribution in [0.25, 0.3) is 0 Å². The van der Waals surface area contributed by atoms with Crippen LogP contribution in [-0.2, 0) is 10.1 Å². The number of aryl methyl sites for hydroxylation is 1. The summed E-state index contributed by atoms with van der Waals surface area (Å²) in [5.41, 5.74) is 2.23. The Labute approximate surface area is 344 Å². The molecule has 6 rings (SSSR count). The molecule has 0 unspecified atom stereocenters.